The molecule has 0 saturated carbocycles. The molecule has 0 radical (unpaired) electrons. The highest BCUT2D eigenvalue weighted by Crippen LogP contribution is 2.50. The van der Waals surface area contributed by atoms with Gasteiger partial charge in [0.25, 0.3) is 0 Å². The highest BCUT2D eigenvalue weighted by molar-refractivity contribution is 7.26. The van der Waals surface area contributed by atoms with Crippen LogP contribution in [-0.2, 0) is 0 Å². The van der Waals surface area contributed by atoms with Crippen LogP contribution in [0.1, 0.15) is 8.22 Å². The molecule has 212 valence electrons. The molecule has 0 aliphatic heterocycles. The molecule has 9 rings (SSSR count). The minimum atomic E-state index is -0.320. The standard InChI is InChI=1S/C42H27NOS/c1-3-12-28(13-4-1)29-22-24-31(25-23-29)43(35-18-11-20-38-41(35)33-16-7-9-19-37(33)44-38)36-27-26-32(30-14-5-2-6-15-30)40-34-17-8-10-21-39(34)45-42(36)40/h1-27H/i7D,9D,11D,18D,19D,20D. The number of hydrogen-bond donors (Lipinski definition) is 0. The van der Waals surface area contributed by atoms with Crippen LogP contribution in [0.3, 0.4) is 0 Å². The summed E-state index contributed by atoms with van der Waals surface area (Å²) >= 11 is 1.65. The molecular formula is C42H27NOS. The van der Waals surface area contributed by atoms with E-state index in [1.54, 1.807) is 11.3 Å². The quantitative estimate of drug-likeness (QED) is 0.196. The first-order valence-electron chi connectivity index (χ1n) is 17.7. The molecule has 2 heterocycles. The van der Waals surface area contributed by atoms with E-state index in [2.05, 4.69) is 42.5 Å². The third kappa shape index (κ3) is 4.24. The van der Waals surface area contributed by atoms with Gasteiger partial charge in [-0.1, -0.05) is 121 Å². The first-order chi connectivity index (χ1) is 24.8. The largest absolute Gasteiger partial charge is 0.456 e. The Morgan fingerprint density at radius 3 is 2.04 bits per heavy atom. The van der Waals surface area contributed by atoms with Gasteiger partial charge < -0.3 is 9.32 Å². The second kappa shape index (κ2) is 10.5. The lowest BCUT2D eigenvalue weighted by Gasteiger charge is -2.27. The third-order valence-electron chi connectivity index (χ3n) is 8.29. The van der Waals surface area contributed by atoms with Crippen molar-refractivity contribution in [1.82, 2.24) is 0 Å². The van der Waals surface area contributed by atoms with Crippen molar-refractivity contribution in [3.63, 3.8) is 0 Å². The van der Waals surface area contributed by atoms with Crippen LogP contribution < -0.4 is 4.90 Å². The lowest BCUT2D eigenvalue weighted by molar-refractivity contribution is 0.669. The molecule has 0 unspecified atom stereocenters. The van der Waals surface area contributed by atoms with E-state index >= 15 is 0 Å². The first-order valence-corrected chi connectivity index (χ1v) is 15.5. The summed E-state index contributed by atoms with van der Waals surface area (Å²) < 4.78 is 61.0. The summed E-state index contributed by atoms with van der Waals surface area (Å²) in [5, 5.41) is 2.87. The molecule has 3 heteroatoms. The SMILES string of the molecule is [2H]c1cc2c(oc3c([2H])c([2H])c([2H])c(N(c4ccc(-c5ccccc5)cc4)c4ccc(-c5ccccc5)c5c4sc4ccccc45)c32)c([2H])c1[2H]. The third-order valence-corrected chi connectivity index (χ3v) is 9.48. The highest BCUT2D eigenvalue weighted by atomic mass is 32.1. The normalized spacial score (nSPS) is 13.4. The number of anilines is 3. The average molecular weight is 600 g/mol. The van der Waals surface area contributed by atoms with Crippen LogP contribution in [-0.4, -0.2) is 0 Å². The maximum Gasteiger partial charge on any atom is 0.137 e. The van der Waals surface area contributed by atoms with E-state index in [1.807, 2.05) is 83.8 Å². The number of para-hydroxylation sites is 1. The molecule has 0 amide bonds. The molecule has 7 aromatic carbocycles. The zero-order chi connectivity index (χ0) is 35.0. The molecule has 0 fully saturated rings. The smallest absolute Gasteiger partial charge is 0.137 e. The van der Waals surface area contributed by atoms with Crippen molar-refractivity contribution in [2.24, 2.45) is 0 Å². The van der Waals surface area contributed by atoms with Crippen LogP contribution in [0.2, 0.25) is 0 Å². The van der Waals surface area contributed by atoms with E-state index < -0.39 is 0 Å². The number of rotatable bonds is 5. The summed E-state index contributed by atoms with van der Waals surface area (Å²) in [6.07, 6.45) is 0. The van der Waals surface area contributed by atoms with Gasteiger partial charge in [0.15, 0.2) is 0 Å². The molecule has 0 bridgehead atoms. The number of thiophene rings is 1. The van der Waals surface area contributed by atoms with E-state index in [-0.39, 0.29) is 47.4 Å². The van der Waals surface area contributed by atoms with Crippen molar-refractivity contribution in [2.75, 3.05) is 4.90 Å². The molecule has 0 aliphatic carbocycles. The van der Waals surface area contributed by atoms with Gasteiger partial charge in [-0.2, -0.15) is 0 Å². The topological polar surface area (TPSA) is 16.4 Å². The molecule has 0 atom stereocenters. The zero-order valence-corrected chi connectivity index (χ0v) is 24.7. The fourth-order valence-electron chi connectivity index (χ4n) is 6.25. The fourth-order valence-corrected chi connectivity index (χ4v) is 7.48. The number of furan rings is 1. The van der Waals surface area contributed by atoms with Crippen molar-refractivity contribution in [3.05, 3.63) is 164 Å². The molecule has 2 nitrogen and oxygen atoms in total. The number of nitrogens with zero attached hydrogens (tertiary/aromatic N) is 1. The summed E-state index contributed by atoms with van der Waals surface area (Å²) in [5.74, 6) is 0. The maximum absolute atomic E-state index is 9.46. The first kappa shape index (κ1) is 20.3. The van der Waals surface area contributed by atoms with Gasteiger partial charge in [0.2, 0.25) is 0 Å². The van der Waals surface area contributed by atoms with Gasteiger partial charge in [0, 0.05) is 26.5 Å². The second-order valence-electron chi connectivity index (χ2n) is 10.9. The Morgan fingerprint density at radius 2 is 1.22 bits per heavy atom. The molecule has 0 saturated heterocycles. The Labute approximate surface area is 273 Å². The summed E-state index contributed by atoms with van der Waals surface area (Å²) in [7, 11) is 0. The van der Waals surface area contributed by atoms with Gasteiger partial charge in [-0.05, 0) is 64.6 Å². The van der Waals surface area contributed by atoms with Gasteiger partial charge in [-0.3, -0.25) is 0 Å². The number of benzene rings is 7. The summed E-state index contributed by atoms with van der Waals surface area (Å²) in [4.78, 5) is 1.96. The van der Waals surface area contributed by atoms with Crippen molar-refractivity contribution in [3.8, 4) is 22.3 Å². The van der Waals surface area contributed by atoms with Crippen LogP contribution >= 0.6 is 11.3 Å². The van der Waals surface area contributed by atoms with Gasteiger partial charge in [-0.25, -0.2) is 0 Å². The number of hydrogen-bond acceptors (Lipinski definition) is 3. The van der Waals surface area contributed by atoms with Crippen LogP contribution in [0.25, 0.3) is 64.4 Å². The second-order valence-corrected chi connectivity index (χ2v) is 11.9. The molecule has 0 aliphatic rings. The van der Waals surface area contributed by atoms with Gasteiger partial charge >= 0.3 is 0 Å². The summed E-state index contributed by atoms with van der Waals surface area (Å²) in [5.41, 5.74) is 6.10. The maximum atomic E-state index is 9.46. The predicted molar refractivity (Wildman–Crippen MR) is 192 cm³/mol. The highest BCUT2D eigenvalue weighted by Gasteiger charge is 2.23. The minimum absolute atomic E-state index is 0.0406. The molecule has 45 heavy (non-hydrogen) atoms. The average Bonchev–Trinajstić information content (AvgIpc) is 3.75. The van der Waals surface area contributed by atoms with Gasteiger partial charge in [0.1, 0.15) is 11.2 Å². The van der Waals surface area contributed by atoms with E-state index in [0.29, 0.717) is 16.5 Å². The van der Waals surface area contributed by atoms with Crippen molar-refractivity contribution in [1.29, 1.82) is 0 Å². The van der Waals surface area contributed by atoms with Crippen LogP contribution in [0.15, 0.2) is 168 Å². The molecule has 9 aromatic rings. The fraction of sp³-hybridized carbons (Fsp3) is 0. The molecule has 2 aromatic heterocycles. The monoisotopic (exact) mass is 599 g/mol. The van der Waals surface area contributed by atoms with E-state index in [1.165, 1.54) is 6.07 Å². The van der Waals surface area contributed by atoms with Crippen LogP contribution in [0.5, 0.6) is 0 Å². The van der Waals surface area contributed by atoms with Crippen molar-refractivity contribution < 1.29 is 12.6 Å². The lowest BCUT2D eigenvalue weighted by atomic mass is 9.98. The Morgan fingerprint density at radius 1 is 0.511 bits per heavy atom. The molecule has 0 spiro atoms. The Balaban J connectivity index is 1.42. The van der Waals surface area contributed by atoms with Gasteiger partial charge in [-0.15, -0.1) is 11.3 Å². The summed E-state index contributed by atoms with van der Waals surface area (Å²) in [6.45, 7) is 0. The Bertz CT molecular complexity index is 2810. The Kier molecular flexibility index (Phi) is 4.75. The molecule has 0 N–H and O–H groups in total. The van der Waals surface area contributed by atoms with Crippen molar-refractivity contribution >= 4 is 70.5 Å². The Hall–Kier alpha value is -5.64. The van der Waals surface area contributed by atoms with Crippen LogP contribution in [0.4, 0.5) is 17.1 Å². The van der Waals surface area contributed by atoms with E-state index in [4.69, 9.17) is 11.3 Å². The summed E-state index contributed by atoms with van der Waals surface area (Å²) in [6, 6.07) is 40.8. The molecular weight excluding hydrogens is 567 g/mol. The number of fused-ring (bicyclic) bond motifs is 6. The predicted octanol–water partition coefficient (Wildman–Crippen LogP) is 12.8. The van der Waals surface area contributed by atoms with E-state index in [9.17, 15) is 1.37 Å². The van der Waals surface area contributed by atoms with Crippen LogP contribution in [0, 0.1) is 0 Å². The minimum Gasteiger partial charge on any atom is -0.456 e. The van der Waals surface area contributed by atoms with E-state index in [0.717, 1.165) is 53.8 Å². The lowest BCUT2D eigenvalue weighted by Crippen LogP contribution is -2.10. The van der Waals surface area contributed by atoms with Crippen molar-refractivity contribution in [2.45, 2.75) is 0 Å². The van der Waals surface area contributed by atoms with Gasteiger partial charge in [0.05, 0.1) is 29.7 Å². The zero-order valence-electron chi connectivity index (χ0n) is 29.9.